The highest BCUT2D eigenvalue weighted by atomic mass is 19.3. The minimum Gasteiger partial charge on any atom is -0.343 e. The van der Waals surface area contributed by atoms with Crippen molar-refractivity contribution in [2.45, 2.75) is 95.8 Å². The highest BCUT2D eigenvalue weighted by Gasteiger charge is 2.64. The zero-order valence-electron chi connectivity index (χ0n) is 31.0. The molecule has 2 aliphatic heterocycles. The second-order valence-corrected chi connectivity index (χ2v) is 15.0. The number of hydrogen-bond donors (Lipinski definition) is 5. The van der Waals surface area contributed by atoms with E-state index in [1.54, 1.807) is 0 Å². The van der Waals surface area contributed by atoms with Crippen LogP contribution >= 0.6 is 0 Å². The van der Waals surface area contributed by atoms with Crippen molar-refractivity contribution in [3.05, 3.63) is 71.8 Å². The van der Waals surface area contributed by atoms with Crippen molar-refractivity contribution < 1.29 is 32.8 Å². The summed E-state index contributed by atoms with van der Waals surface area (Å²) in [4.78, 5) is 69.1. The van der Waals surface area contributed by atoms with Gasteiger partial charge in [0.2, 0.25) is 29.5 Å². The molecule has 0 aromatic heterocycles. The van der Waals surface area contributed by atoms with Gasteiger partial charge in [-0.05, 0) is 62.1 Å². The molecule has 4 atom stereocenters. The Bertz CT molecular complexity index is 1560. The van der Waals surface area contributed by atoms with Crippen molar-refractivity contribution in [2.75, 3.05) is 32.7 Å². The number of carbonyl (C=O) groups is 5. The summed E-state index contributed by atoms with van der Waals surface area (Å²) < 4.78 is 30.6. The van der Waals surface area contributed by atoms with E-state index in [9.17, 15) is 24.0 Å². The van der Waals surface area contributed by atoms with Crippen molar-refractivity contribution in [3.63, 3.8) is 0 Å². The summed E-state index contributed by atoms with van der Waals surface area (Å²) in [6.07, 6.45) is 2.01. The van der Waals surface area contributed by atoms with E-state index < -0.39 is 71.6 Å². The monoisotopic (exact) mass is 739 g/mol. The molecule has 2 aromatic carbocycles. The normalized spacial score (nSPS) is 18.3. The van der Waals surface area contributed by atoms with Crippen LogP contribution in [0.2, 0.25) is 0 Å². The van der Waals surface area contributed by atoms with Gasteiger partial charge in [-0.2, -0.15) is 0 Å². The van der Waals surface area contributed by atoms with Crippen LogP contribution in [0.3, 0.4) is 0 Å². The van der Waals surface area contributed by atoms with Gasteiger partial charge >= 0.3 is 0 Å². The van der Waals surface area contributed by atoms with Crippen LogP contribution in [-0.2, 0) is 36.8 Å². The first-order chi connectivity index (χ1) is 25.1. The summed E-state index contributed by atoms with van der Waals surface area (Å²) >= 11 is 0. The van der Waals surface area contributed by atoms with Gasteiger partial charge in [0.25, 0.3) is 5.92 Å². The van der Waals surface area contributed by atoms with Gasteiger partial charge in [0.15, 0.2) is 0 Å². The molecule has 0 aliphatic carbocycles. The average molecular weight is 740 g/mol. The number of carbonyl (C=O) groups excluding carboxylic acids is 5. The fraction of sp³-hybridized carbons (Fsp3) is 0.564. The van der Waals surface area contributed by atoms with E-state index in [4.69, 9.17) is 11.5 Å². The Morgan fingerprint density at radius 2 is 1.30 bits per heavy atom. The van der Waals surface area contributed by atoms with Crippen LogP contribution in [0.5, 0.6) is 0 Å². The Hall–Kier alpha value is -4.43. The summed E-state index contributed by atoms with van der Waals surface area (Å²) in [7, 11) is 0. The third-order valence-electron chi connectivity index (χ3n) is 10.2. The van der Waals surface area contributed by atoms with E-state index in [1.807, 2.05) is 74.5 Å². The number of nitrogens with two attached hydrogens (primary N) is 2. The molecular weight excluding hydrogens is 684 g/mol. The van der Waals surface area contributed by atoms with Gasteiger partial charge in [-0.1, -0.05) is 74.5 Å². The summed E-state index contributed by atoms with van der Waals surface area (Å²) in [6.45, 7) is 4.53. The van der Waals surface area contributed by atoms with Gasteiger partial charge in [-0.25, -0.2) is 8.78 Å². The summed E-state index contributed by atoms with van der Waals surface area (Å²) in [6, 6.07) is 14.3. The third-order valence-corrected chi connectivity index (χ3v) is 10.2. The van der Waals surface area contributed by atoms with E-state index in [0.717, 1.165) is 16.0 Å². The number of benzene rings is 2. The first-order valence-electron chi connectivity index (χ1n) is 18.5. The topological polar surface area (TPSA) is 180 Å². The van der Waals surface area contributed by atoms with Crippen LogP contribution in [0.25, 0.3) is 0 Å². The van der Waals surface area contributed by atoms with Crippen molar-refractivity contribution in [2.24, 2.45) is 22.8 Å². The van der Waals surface area contributed by atoms with Gasteiger partial charge in [0.05, 0.1) is 18.0 Å². The van der Waals surface area contributed by atoms with Gasteiger partial charge in [-0.15, -0.1) is 0 Å². The largest absolute Gasteiger partial charge is 0.343 e. The number of halogens is 2. The number of rotatable bonds is 17. The first-order valence-corrected chi connectivity index (χ1v) is 18.5. The Kier molecular flexibility index (Phi) is 14.5. The Balaban J connectivity index is 1.47. The van der Waals surface area contributed by atoms with Gasteiger partial charge in [0, 0.05) is 33.0 Å². The lowest BCUT2D eigenvalue weighted by Crippen LogP contribution is -2.72. The van der Waals surface area contributed by atoms with Gasteiger partial charge in [-0.3, -0.25) is 24.0 Å². The van der Waals surface area contributed by atoms with E-state index >= 15 is 8.78 Å². The molecule has 7 N–H and O–H groups in total. The highest BCUT2D eigenvalue weighted by Crippen LogP contribution is 2.50. The first kappa shape index (κ1) is 41.3. The number of nitrogens with one attached hydrogen (secondary N) is 3. The minimum atomic E-state index is -3.17. The van der Waals surface area contributed by atoms with Gasteiger partial charge < -0.3 is 37.2 Å². The lowest BCUT2D eigenvalue weighted by Gasteiger charge is -2.57. The zero-order chi connectivity index (χ0) is 38.8. The van der Waals surface area contributed by atoms with Crippen molar-refractivity contribution in [3.8, 4) is 0 Å². The molecule has 53 heavy (non-hydrogen) atoms. The molecule has 2 aliphatic rings. The molecule has 1 spiro atoms. The van der Waals surface area contributed by atoms with E-state index in [1.165, 1.54) is 11.8 Å². The number of amides is 5. The molecule has 0 bridgehead atoms. The maximum atomic E-state index is 15.3. The van der Waals surface area contributed by atoms with Crippen molar-refractivity contribution in [1.29, 1.82) is 0 Å². The van der Waals surface area contributed by atoms with Crippen LogP contribution in [0.4, 0.5) is 8.78 Å². The maximum absolute atomic E-state index is 15.3. The molecular formula is C39H55F2N7O5. The third kappa shape index (κ3) is 11.0. The fourth-order valence-electron chi connectivity index (χ4n) is 7.03. The van der Waals surface area contributed by atoms with Crippen molar-refractivity contribution >= 4 is 29.5 Å². The molecule has 2 aromatic rings. The summed E-state index contributed by atoms with van der Waals surface area (Å²) in [5.41, 5.74) is 12.2. The highest BCUT2D eigenvalue weighted by molar-refractivity contribution is 5.95. The second-order valence-electron chi connectivity index (χ2n) is 15.0. The number of likely N-dealkylation sites (tertiary alicyclic amines) is 2. The van der Waals surface area contributed by atoms with E-state index in [0.29, 0.717) is 19.4 Å². The molecule has 0 saturated carbocycles. The number of unbranched alkanes of at least 4 members (excludes halogenated alkanes) is 1. The number of alkyl halides is 2. The lowest BCUT2D eigenvalue weighted by molar-refractivity contribution is -0.224. The van der Waals surface area contributed by atoms with Crippen LogP contribution in [0.1, 0.15) is 64.0 Å². The zero-order valence-corrected chi connectivity index (χ0v) is 31.0. The van der Waals surface area contributed by atoms with Crippen molar-refractivity contribution in [1.82, 2.24) is 25.8 Å². The molecule has 5 amide bonds. The molecule has 2 saturated heterocycles. The van der Waals surface area contributed by atoms with Crippen LogP contribution in [0.15, 0.2) is 60.7 Å². The smallest absolute Gasteiger partial charge is 0.274 e. The Morgan fingerprint density at radius 3 is 1.85 bits per heavy atom. The number of nitrogens with zero attached hydrogens (tertiary/aromatic N) is 2. The predicted octanol–water partition coefficient (Wildman–Crippen LogP) is 2.14. The standard InChI is InChI=1S/C39H55F2N7O5/c1-26(2)20-32(46-36(52)33(22-29-14-8-5-9-15-29)45-34(50)30(43)21-28-12-6-4-7-13-28)35(51)44-31(16-10-11-18-42)37(53)48-23-38(24-48)17-19-47(27(3)49)25-39(38,40)41/h4-9,12-15,26,30-33H,10-11,16-25,42-43H2,1-3H3,(H,44,51)(H,45,50)(H,46,52). The van der Waals surface area contributed by atoms with Crippen LogP contribution < -0.4 is 27.4 Å². The Labute approximate surface area is 310 Å². The van der Waals surface area contributed by atoms with Crippen LogP contribution in [0, 0.1) is 11.3 Å². The summed E-state index contributed by atoms with van der Waals surface area (Å²) in [5, 5.41) is 8.42. The average Bonchev–Trinajstić information content (AvgIpc) is 3.09. The molecule has 14 heteroatoms. The second kappa shape index (κ2) is 18.6. The number of piperidine rings is 1. The SMILES string of the molecule is CC(=O)N1CCC2(CN(C(=O)C(CCCCN)NC(=O)C(CC(C)C)NC(=O)C(Cc3ccccc3)NC(=O)C(N)Cc3ccccc3)C2)C(F)(F)C1. The molecule has 0 radical (unpaired) electrons. The minimum absolute atomic E-state index is 0.0442. The number of hydrogen-bond acceptors (Lipinski definition) is 7. The molecule has 290 valence electrons. The molecule has 4 rings (SSSR count). The van der Waals surface area contributed by atoms with E-state index in [-0.39, 0.29) is 57.7 Å². The molecule has 2 heterocycles. The predicted molar refractivity (Wildman–Crippen MR) is 197 cm³/mol. The molecule has 2 fully saturated rings. The van der Waals surface area contributed by atoms with Gasteiger partial charge in [0.1, 0.15) is 18.1 Å². The van der Waals surface area contributed by atoms with Crippen LogP contribution in [-0.4, -0.2) is 102 Å². The summed E-state index contributed by atoms with van der Waals surface area (Å²) in [5.74, 6) is -5.83. The van der Waals surface area contributed by atoms with E-state index in [2.05, 4.69) is 16.0 Å². The fourth-order valence-corrected chi connectivity index (χ4v) is 7.03. The molecule has 4 unspecified atom stereocenters. The Morgan fingerprint density at radius 1 is 0.755 bits per heavy atom. The quantitative estimate of drug-likeness (QED) is 0.154. The maximum Gasteiger partial charge on any atom is 0.274 e. The lowest BCUT2D eigenvalue weighted by atomic mass is 9.69. The molecule has 12 nitrogen and oxygen atoms in total.